The van der Waals surface area contributed by atoms with Crippen molar-refractivity contribution in [1.29, 1.82) is 0 Å². The molecular weight excluding hydrogens is 326 g/mol. The van der Waals surface area contributed by atoms with E-state index in [9.17, 15) is 0 Å². The highest BCUT2D eigenvalue weighted by Gasteiger charge is 2.18. The lowest BCUT2D eigenvalue weighted by molar-refractivity contribution is 0.0963. The van der Waals surface area contributed by atoms with Gasteiger partial charge in [0.15, 0.2) is 3.79 Å². The lowest BCUT2D eigenvalue weighted by Gasteiger charge is -2.12. The zero-order chi connectivity index (χ0) is 14.6. The summed E-state index contributed by atoms with van der Waals surface area (Å²) in [5, 5.41) is 0. The van der Waals surface area contributed by atoms with E-state index in [4.69, 9.17) is 51.1 Å². The zero-order valence-electron chi connectivity index (χ0n) is 11.8. The SMILES string of the molecule is CCCCCCCOC(Cl)CCCCCC(Cl)(Cl)Cl. The van der Waals surface area contributed by atoms with Gasteiger partial charge in [0.25, 0.3) is 0 Å². The minimum Gasteiger partial charge on any atom is -0.362 e. The normalized spacial score (nSPS) is 13.7. The molecule has 0 spiro atoms. The molecule has 0 aliphatic heterocycles. The first kappa shape index (κ1) is 20.1. The van der Waals surface area contributed by atoms with Crippen LogP contribution < -0.4 is 0 Å². The predicted octanol–water partition coefficient (Wildman–Crippen LogP) is 6.86. The lowest BCUT2D eigenvalue weighted by atomic mass is 10.1. The molecule has 0 fully saturated rings. The van der Waals surface area contributed by atoms with Crippen molar-refractivity contribution in [2.75, 3.05) is 6.61 Å². The number of rotatable bonds is 12. The van der Waals surface area contributed by atoms with Gasteiger partial charge in [0.05, 0.1) is 0 Å². The molecular formula is C14H26Cl4O. The van der Waals surface area contributed by atoms with Crippen molar-refractivity contribution in [3.63, 3.8) is 0 Å². The smallest absolute Gasteiger partial charge is 0.190 e. The molecule has 0 heterocycles. The summed E-state index contributed by atoms with van der Waals surface area (Å²) in [6.45, 7) is 2.99. The van der Waals surface area contributed by atoms with Gasteiger partial charge in [0, 0.05) is 6.61 Å². The highest BCUT2D eigenvalue weighted by Crippen LogP contribution is 2.32. The second-order valence-electron chi connectivity index (χ2n) is 4.91. The third-order valence-corrected chi connectivity index (χ3v) is 3.85. The molecule has 0 aromatic heterocycles. The van der Waals surface area contributed by atoms with Crippen molar-refractivity contribution in [3.05, 3.63) is 0 Å². The van der Waals surface area contributed by atoms with Crippen LogP contribution in [0.2, 0.25) is 0 Å². The summed E-state index contributed by atoms with van der Waals surface area (Å²) < 4.78 is 4.44. The maximum absolute atomic E-state index is 6.09. The van der Waals surface area contributed by atoms with E-state index in [0.29, 0.717) is 6.42 Å². The fourth-order valence-electron chi connectivity index (χ4n) is 1.81. The Labute approximate surface area is 138 Å². The Bertz CT molecular complexity index is 194. The molecule has 1 atom stereocenters. The molecule has 0 aromatic rings. The summed E-state index contributed by atoms with van der Waals surface area (Å²) in [7, 11) is 0. The largest absolute Gasteiger partial charge is 0.362 e. The average Bonchev–Trinajstić information content (AvgIpc) is 2.31. The maximum atomic E-state index is 6.09. The van der Waals surface area contributed by atoms with Crippen molar-refractivity contribution in [3.8, 4) is 0 Å². The van der Waals surface area contributed by atoms with Crippen LogP contribution in [-0.2, 0) is 4.74 Å². The van der Waals surface area contributed by atoms with Gasteiger partial charge in [0.1, 0.15) is 5.56 Å². The van der Waals surface area contributed by atoms with E-state index in [2.05, 4.69) is 6.92 Å². The first-order valence-corrected chi connectivity index (χ1v) is 8.85. The maximum Gasteiger partial charge on any atom is 0.190 e. The van der Waals surface area contributed by atoms with Gasteiger partial charge < -0.3 is 4.74 Å². The average molecular weight is 352 g/mol. The van der Waals surface area contributed by atoms with Gasteiger partial charge in [-0.15, -0.1) is 0 Å². The molecule has 0 saturated heterocycles. The third kappa shape index (κ3) is 17.1. The number of hydrogen-bond acceptors (Lipinski definition) is 1. The molecule has 0 N–H and O–H groups in total. The summed E-state index contributed by atoms with van der Waals surface area (Å²) >= 11 is 23.1. The molecule has 0 saturated carbocycles. The fourth-order valence-corrected chi connectivity index (χ4v) is 2.45. The van der Waals surface area contributed by atoms with Gasteiger partial charge in [-0.05, 0) is 32.1 Å². The second kappa shape index (κ2) is 12.8. The highest BCUT2D eigenvalue weighted by atomic mass is 35.6. The quantitative estimate of drug-likeness (QED) is 0.275. The van der Waals surface area contributed by atoms with Gasteiger partial charge in [-0.1, -0.05) is 85.4 Å². The van der Waals surface area contributed by atoms with E-state index in [0.717, 1.165) is 38.7 Å². The van der Waals surface area contributed by atoms with Crippen LogP contribution in [0.15, 0.2) is 0 Å². The second-order valence-corrected chi connectivity index (χ2v) is 7.91. The van der Waals surface area contributed by atoms with E-state index in [1.54, 1.807) is 0 Å². The zero-order valence-corrected chi connectivity index (χ0v) is 14.8. The summed E-state index contributed by atoms with van der Waals surface area (Å²) in [5.74, 6) is 0. The molecule has 0 aliphatic rings. The standard InChI is InChI=1S/C14H26Cl4O/c1-2-3-4-5-9-12-19-13(15)10-7-6-8-11-14(16,17)18/h13H,2-12H2,1H3. The summed E-state index contributed by atoms with van der Waals surface area (Å²) in [6, 6.07) is 0. The van der Waals surface area contributed by atoms with Gasteiger partial charge in [-0.25, -0.2) is 0 Å². The monoisotopic (exact) mass is 350 g/mol. The van der Waals surface area contributed by atoms with E-state index in [-0.39, 0.29) is 5.56 Å². The van der Waals surface area contributed by atoms with Crippen molar-refractivity contribution in [2.45, 2.75) is 80.5 Å². The molecule has 0 radical (unpaired) electrons. The number of hydrogen-bond donors (Lipinski definition) is 0. The van der Waals surface area contributed by atoms with Crippen molar-refractivity contribution in [2.24, 2.45) is 0 Å². The molecule has 0 amide bonds. The molecule has 0 bridgehead atoms. The van der Waals surface area contributed by atoms with Gasteiger partial charge in [-0.2, -0.15) is 0 Å². The number of halogens is 4. The Morgan fingerprint density at radius 3 is 2.16 bits per heavy atom. The molecule has 0 aromatic carbocycles. The predicted molar refractivity (Wildman–Crippen MR) is 87.7 cm³/mol. The van der Waals surface area contributed by atoms with Gasteiger partial charge in [0.2, 0.25) is 0 Å². The number of alkyl halides is 4. The molecule has 19 heavy (non-hydrogen) atoms. The van der Waals surface area contributed by atoms with Crippen molar-refractivity contribution in [1.82, 2.24) is 0 Å². The topological polar surface area (TPSA) is 9.23 Å². The Hall–Kier alpha value is 1.12. The highest BCUT2D eigenvalue weighted by molar-refractivity contribution is 6.67. The molecule has 1 nitrogen and oxygen atoms in total. The third-order valence-electron chi connectivity index (χ3n) is 2.94. The van der Waals surface area contributed by atoms with Crippen LogP contribution in [-0.4, -0.2) is 16.0 Å². The minimum absolute atomic E-state index is 0.168. The Balaban J connectivity index is 3.23. The van der Waals surface area contributed by atoms with Crippen LogP contribution in [0.4, 0.5) is 0 Å². The first-order valence-electron chi connectivity index (χ1n) is 7.28. The molecule has 0 rings (SSSR count). The number of unbranched alkanes of at least 4 members (excludes halogenated alkanes) is 6. The Morgan fingerprint density at radius 2 is 1.53 bits per heavy atom. The van der Waals surface area contributed by atoms with Crippen molar-refractivity contribution < 1.29 is 4.74 Å². The van der Waals surface area contributed by atoms with E-state index in [1.165, 1.54) is 25.7 Å². The van der Waals surface area contributed by atoms with Crippen LogP contribution in [0.5, 0.6) is 0 Å². The summed E-state index contributed by atoms with van der Waals surface area (Å²) in [5.41, 5.74) is -0.168. The van der Waals surface area contributed by atoms with Gasteiger partial charge in [-0.3, -0.25) is 0 Å². The Morgan fingerprint density at radius 1 is 0.895 bits per heavy atom. The van der Waals surface area contributed by atoms with Crippen molar-refractivity contribution >= 4 is 46.4 Å². The van der Waals surface area contributed by atoms with Crippen LogP contribution in [0, 0.1) is 0 Å². The fraction of sp³-hybridized carbons (Fsp3) is 1.00. The van der Waals surface area contributed by atoms with E-state index in [1.807, 2.05) is 0 Å². The number of ether oxygens (including phenoxy) is 1. The minimum atomic E-state index is -1.12. The molecule has 5 heteroatoms. The van der Waals surface area contributed by atoms with Crippen LogP contribution in [0.1, 0.15) is 71.1 Å². The van der Waals surface area contributed by atoms with Crippen LogP contribution >= 0.6 is 46.4 Å². The van der Waals surface area contributed by atoms with Gasteiger partial charge >= 0.3 is 0 Å². The lowest BCUT2D eigenvalue weighted by Crippen LogP contribution is -2.07. The first-order chi connectivity index (χ1) is 8.95. The summed E-state index contributed by atoms with van der Waals surface area (Å²) in [4.78, 5) is 0. The van der Waals surface area contributed by atoms with E-state index < -0.39 is 3.79 Å². The van der Waals surface area contributed by atoms with Crippen LogP contribution in [0.3, 0.4) is 0 Å². The Kier molecular flexibility index (Phi) is 13.6. The molecule has 1 unspecified atom stereocenters. The van der Waals surface area contributed by atoms with Crippen LogP contribution in [0.25, 0.3) is 0 Å². The summed E-state index contributed by atoms with van der Waals surface area (Å²) in [6.07, 6.45) is 10.7. The molecule has 116 valence electrons. The molecule has 0 aliphatic carbocycles. The van der Waals surface area contributed by atoms with E-state index >= 15 is 0 Å².